The summed E-state index contributed by atoms with van der Waals surface area (Å²) < 4.78 is 0. The number of hydrogen-bond donors (Lipinski definition) is 1. The van der Waals surface area contributed by atoms with E-state index in [1.807, 2.05) is 11.3 Å². The molecule has 102 valence electrons. The van der Waals surface area contributed by atoms with E-state index >= 15 is 0 Å². The lowest BCUT2D eigenvalue weighted by Crippen LogP contribution is -2.19. The number of aryl methyl sites for hydroxylation is 4. The predicted molar refractivity (Wildman–Crippen MR) is 85.0 cm³/mol. The maximum atomic E-state index is 3.66. The van der Waals surface area contributed by atoms with Gasteiger partial charge in [0.25, 0.3) is 0 Å². The van der Waals surface area contributed by atoms with Gasteiger partial charge in [0, 0.05) is 22.3 Å². The Bertz CT molecular complexity index is 548. The summed E-state index contributed by atoms with van der Waals surface area (Å²) in [4.78, 5) is 2.83. The standard InChI is InChI=1S/C17H23NS/c1-11-7-6-8-12(2)17(11)10-18-14(4)16-9-13(3)19-15(16)5/h6-9,14,18H,10H2,1-5H3. The Morgan fingerprint density at radius 2 is 1.74 bits per heavy atom. The van der Waals surface area contributed by atoms with Crippen molar-refractivity contribution < 1.29 is 0 Å². The van der Waals surface area contributed by atoms with Crippen molar-refractivity contribution in [3.63, 3.8) is 0 Å². The van der Waals surface area contributed by atoms with Crippen LogP contribution < -0.4 is 5.32 Å². The van der Waals surface area contributed by atoms with E-state index in [0.717, 1.165) is 6.54 Å². The van der Waals surface area contributed by atoms with E-state index in [-0.39, 0.29) is 0 Å². The van der Waals surface area contributed by atoms with Crippen molar-refractivity contribution in [1.82, 2.24) is 5.32 Å². The molecule has 1 N–H and O–H groups in total. The van der Waals surface area contributed by atoms with Crippen molar-refractivity contribution in [2.45, 2.75) is 47.2 Å². The molecule has 19 heavy (non-hydrogen) atoms. The number of nitrogens with one attached hydrogen (secondary N) is 1. The molecule has 0 fully saturated rings. The zero-order chi connectivity index (χ0) is 14.0. The molecule has 0 aliphatic carbocycles. The molecule has 0 amide bonds. The van der Waals surface area contributed by atoms with Crippen LogP contribution >= 0.6 is 11.3 Å². The molecule has 0 bridgehead atoms. The van der Waals surface area contributed by atoms with Crippen LogP contribution in [0.25, 0.3) is 0 Å². The molecule has 2 aromatic rings. The van der Waals surface area contributed by atoms with E-state index in [2.05, 4.69) is 64.2 Å². The van der Waals surface area contributed by atoms with Gasteiger partial charge in [-0.15, -0.1) is 11.3 Å². The van der Waals surface area contributed by atoms with Gasteiger partial charge >= 0.3 is 0 Å². The fourth-order valence-corrected chi connectivity index (χ4v) is 3.60. The van der Waals surface area contributed by atoms with Crippen molar-refractivity contribution in [1.29, 1.82) is 0 Å². The van der Waals surface area contributed by atoms with E-state index in [9.17, 15) is 0 Å². The molecule has 1 atom stereocenters. The van der Waals surface area contributed by atoms with E-state index in [0.29, 0.717) is 6.04 Å². The molecule has 0 spiro atoms. The summed E-state index contributed by atoms with van der Waals surface area (Å²) in [5.41, 5.74) is 5.61. The Hall–Kier alpha value is -1.12. The van der Waals surface area contributed by atoms with E-state index < -0.39 is 0 Å². The lowest BCUT2D eigenvalue weighted by Gasteiger charge is -2.16. The average Bonchev–Trinajstić information content (AvgIpc) is 2.67. The van der Waals surface area contributed by atoms with Crippen LogP contribution in [0.2, 0.25) is 0 Å². The Morgan fingerprint density at radius 3 is 2.26 bits per heavy atom. The maximum Gasteiger partial charge on any atom is 0.0305 e. The average molecular weight is 273 g/mol. The van der Waals surface area contributed by atoms with Crippen LogP contribution in [0, 0.1) is 27.7 Å². The number of hydrogen-bond acceptors (Lipinski definition) is 2. The summed E-state index contributed by atoms with van der Waals surface area (Å²) in [5.74, 6) is 0. The Kier molecular flexibility index (Phi) is 4.43. The molecule has 2 rings (SSSR count). The monoisotopic (exact) mass is 273 g/mol. The third kappa shape index (κ3) is 3.26. The van der Waals surface area contributed by atoms with Gasteiger partial charge in [-0.3, -0.25) is 0 Å². The third-order valence-electron chi connectivity index (χ3n) is 3.78. The van der Waals surface area contributed by atoms with E-state index in [1.165, 1.54) is 32.0 Å². The first-order chi connectivity index (χ1) is 8.99. The minimum Gasteiger partial charge on any atom is -0.306 e. The fourth-order valence-electron chi connectivity index (χ4n) is 2.57. The smallest absolute Gasteiger partial charge is 0.0305 e. The second kappa shape index (κ2) is 5.89. The first-order valence-electron chi connectivity index (χ1n) is 6.84. The van der Waals surface area contributed by atoms with Gasteiger partial charge in [0.1, 0.15) is 0 Å². The van der Waals surface area contributed by atoms with E-state index in [1.54, 1.807) is 0 Å². The summed E-state index contributed by atoms with van der Waals surface area (Å²) in [6, 6.07) is 9.22. The molecular formula is C17H23NS. The maximum absolute atomic E-state index is 3.66. The Morgan fingerprint density at radius 1 is 1.11 bits per heavy atom. The zero-order valence-electron chi connectivity index (χ0n) is 12.5. The van der Waals surface area contributed by atoms with Gasteiger partial charge in [0.05, 0.1) is 0 Å². The number of rotatable bonds is 4. The lowest BCUT2D eigenvalue weighted by atomic mass is 10.0. The summed E-state index contributed by atoms with van der Waals surface area (Å²) in [7, 11) is 0. The minimum atomic E-state index is 0.406. The quantitative estimate of drug-likeness (QED) is 0.841. The molecule has 0 saturated heterocycles. The molecule has 2 heteroatoms. The molecule has 0 aliphatic heterocycles. The topological polar surface area (TPSA) is 12.0 Å². The van der Waals surface area contributed by atoms with Gasteiger partial charge in [0.2, 0.25) is 0 Å². The summed E-state index contributed by atoms with van der Waals surface area (Å²) in [6.45, 7) is 12.0. The lowest BCUT2D eigenvalue weighted by molar-refractivity contribution is 0.571. The first-order valence-corrected chi connectivity index (χ1v) is 7.66. The zero-order valence-corrected chi connectivity index (χ0v) is 13.3. The normalized spacial score (nSPS) is 12.7. The van der Waals surface area contributed by atoms with Crippen LogP contribution in [0.15, 0.2) is 24.3 Å². The van der Waals surface area contributed by atoms with Gasteiger partial charge in [-0.25, -0.2) is 0 Å². The SMILES string of the molecule is Cc1cc(C(C)NCc2c(C)cccc2C)c(C)s1. The highest BCUT2D eigenvalue weighted by atomic mass is 32.1. The molecule has 1 aromatic carbocycles. The van der Waals surface area contributed by atoms with Crippen LogP contribution in [0.5, 0.6) is 0 Å². The van der Waals surface area contributed by atoms with Crippen LogP contribution in [0.1, 0.15) is 45.0 Å². The van der Waals surface area contributed by atoms with Gasteiger partial charge in [-0.1, -0.05) is 18.2 Å². The fraction of sp³-hybridized carbons (Fsp3) is 0.412. The summed E-state index contributed by atoms with van der Waals surface area (Å²) >= 11 is 1.89. The third-order valence-corrected chi connectivity index (χ3v) is 4.76. The molecule has 0 aliphatic rings. The molecule has 0 radical (unpaired) electrons. The minimum absolute atomic E-state index is 0.406. The highest BCUT2D eigenvalue weighted by Gasteiger charge is 2.11. The summed E-state index contributed by atoms with van der Waals surface area (Å²) in [6.07, 6.45) is 0. The number of thiophene rings is 1. The molecule has 1 aromatic heterocycles. The molecule has 1 nitrogen and oxygen atoms in total. The largest absolute Gasteiger partial charge is 0.306 e. The Labute approximate surface area is 120 Å². The van der Waals surface area contributed by atoms with Gasteiger partial charge in [0.15, 0.2) is 0 Å². The second-order valence-electron chi connectivity index (χ2n) is 5.34. The highest BCUT2D eigenvalue weighted by Crippen LogP contribution is 2.26. The van der Waals surface area contributed by atoms with Gasteiger partial charge < -0.3 is 5.32 Å². The van der Waals surface area contributed by atoms with Crippen LogP contribution in [-0.2, 0) is 6.54 Å². The van der Waals surface area contributed by atoms with Gasteiger partial charge in [-0.2, -0.15) is 0 Å². The molecule has 1 unspecified atom stereocenters. The summed E-state index contributed by atoms with van der Waals surface area (Å²) in [5, 5.41) is 3.66. The van der Waals surface area contributed by atoms with Crippen molar-refractivity contribution in [2.24, 2.45) is 0 Å². The van der Waals surface area contributed by atoms with Crippen molar-refractivity contribution in [3.8, 4) is 0 Å². The molecular weight excluding hydrogens is 250 g/mol. The van der Waals surface area contributed by atoms with Crippen LogP contribution in [0.4, 0.5) is 0 Å². The molecule has 0 saturated carbocycles. The highest BCUT2D eigenvalue weighted by molar-refractivity contribution is 7.12. The first kappa shape index (κ1) is 14.3. The predicted octanol–water partition coefficient (Wildman–Crippen LogP) is 4.83. The second-order valence-corrected chi connectivity index (χ2v) is 6.80. The van der Waals surface area contributed by atoms with E-state index in [4.69, 9.17) is 0 Å². The van der Waals surface area contributed by atoms with Crippen molar-refractivity contribution in [2.75, 3.05) is 0 Å². The van der Waals surface area contributed by atoms with Crippen molar-refractivity contribution >= 4 is 11.3 Å². The number of benzene rings is 1. The van der Waals surface area contributed by atoms with Crippen LogP contribution in [0.3, 0.4) is 0 Å². The van der Waals surface area contributed by atoms with Crippen molar-refractivity contribution in [3.05, 3.63) is 56.3 Å². The van der Waals surface area contributed by atoms with Crippen LogP contribution in [-0.4, -0.2) is 0 Å². The Balaban J connectivity index is 2.08. The van der Waals surface area contributed by atoms with Gasteiger partial charge in [-0.05, 0) is 62.9 Å². The molecule has 1 heterocycles.